The zero-order valence-electron chi connectivity index (χ0n) is 21.1. The molecule has 1 aromatic carbocycles. The van der Waals surface area contributed by atoms with Gasteiger partial charge in [-0.3, -0.25) is 4.79 Å². The van der Waals surface area contributed by atoms with Crippen LogP contribution >= 0.6 is 12.4 Å². The number of ether oxygens (including phenoxy) is 2. The summed E-state index contributed by atoms with van der Waals surface area (Å²) in [6, 6.07) is 8.90. The first-order chi connectivity index (χ1) is 16.1. The van der Waals surface area contributed by atoms with Gasteiger partial charge in [0, 0.05) is 44.3 Å². The number of carbonyl (C=O) groups excluding carboxylic acids is 1. The number of hydrogen-bond acceptors (Lipinski definition) is 4. The van der Waals surface area contributed by atoms with Crippen LogP contribution in [-0.4, -0.2) is 60.9 Å². The highest BCUT2D eigenvalue weighted by Gasteiger charge is 2.31. The molecule has 1 saturated carbocycles. The smallest absolute Gasteiger partial charge is 0.229 e. The fourth-order valence-electron chi connectivity index (χ4n) is 5.14. The van der Waals surface area contributed by atoms with Crippen LogP contribution < -0.4 is 10.1 Å². The molecule has 1 saturated heterocycles. The quantitative estimate of drug-likeness (QED) is 0.433. The van der Waals surface area contributed by atoms with E-state index in [-0.39, 0.29) is 30.4 Å². The molecule has 6 nitrogen and oxygen atoms in total. The van der Waals surface area contributed by atoms with E-state index in [1.54, 1.807) is 7.11 Å². The van der Waals surface area contributed by atoms with E-state index in [9.17, 15) is 4.79 Å². The fraction of sp³-hybridized carbons (Fsp3) is 0.667. The standard InChI is InChI=1S/C27H41N3O3.ClH/c1-20(2)30(22-9-8-14-28-18-22)26(31)17-25-27(33-19-21-12-13-21)23-10-4-5-11-24(23)29(25)15-6-7-16-32-3;/h4-5,10-11,20-22,28H,6-9,12-19H2,1-3H3;1H/t22-;/m1./s1. The molecule has 0 spiro atoms. The number of nitrogens with zero attached hydrogens (tertiary/aromatic N) is 2. The van der Waals surface area contributed by atoms with Gasteiger partial charge in [0.05, 0.1) is 24.2 Å². The average molecular weight is 492 g/mol. The number of amides is 1. The van der Waals surface area contributed by atoms with Crippen LogP contribution in [0.15, 0.2) is 24.3 Å². The van der Waals surface area contributed by atoms with E-state index in [2.05, 4.69) is 52.9 Å². The predicted octanol–water partition coefficient (Wildman–Crippen LogP) is 4.81. The molecule has 2 heterocycles. The highest BCUT2D eigenvalue weighted by Crippen LogP contribution is 2.37. The van der Waals surface area contributed by atoms with Crippen molar-refractivity contribution in [1.82, 2.24) is 14.8 Å². The number of nitrogens with one attached hydrogen (secondary N) is 1. The van der Waals surface area contributed by atoms with Gasteiger partial charge in [-0.1, -0.05) is 12.1 Å². The minimum Gasteiger partial charge on any atom is -0.491 e. The lowest BCUT2D eigenvalue weighted by Gasteiger charge is -2.38. The molecule has 2 aromatic rings. The lowest BCUT2D eigenvalue weighted by atomic mass is 10.0. The normalized spacial score (nSPS) is 18.2. The Morgan fingerprint density at radius 2 is 2.00 bits per heavy atom. The Morgan fingerprint density at radius 3 is 2.68 bits per heavy atom. The third-order valence-corrected chi connectivity index (χ3v) is 7.00. The van der Waals surface area contributed by atoms with E-state index < -0.39 is 0 Å². The first-order valence-corrected chi connectivity index (χ1v) is 12.8. The Kier molecular flexibility index (Phi) is 10.1. The summed E-state index contributed by atoms with van der Waals surface area (Å²) in [6.45, 7) is 8.58. The SMILES string of the molecule is COCCCCn1c(CC(=O)N(C(C)C)[C@@H]2CCCNC2)c(OCC2CC2)c2ccccc21.Cl. The predicted molar refractivity (Wildman–Crippen MR) is 140 cm³/mol. The molecule has 1 aliphatic heterocycles. The lowest BCUT2D eigenvalue weighted by Crippen LogP contribution is -2.52. The summed E-state index contributed by atoms with van der Waals surface area (Å²) in [5.41, 5.74) is 2.20. The van der Waals surface area contributed by atoms with Crippen LogP contribution in [0.5, 0.6) is 5.75 Å². The lowest BCUT2D eigenvalue weighted by molar-refractivity contribution is -0.135. The number of aromatic nitrogens is 1. The summed E-state index contributed by atoms with van der Waals surface area (Å²) in [5, 5.41) is 4.60. The summed E-state index contributed by atoms with van der Waals surface area (Å²) in [4.78, 5) is 15.9. The molecule has 1 N–H and O–H groups in total. The molecule has 1 amide bonds. The summed E-state index contributed by atoms with van der Waals surface area (Å²) in [7, 11) is 1.75. The van der Waals surface area contributed by atoms with Crippen molar-refractivity contribution in [3.05, 3.63) is 30.0 Å². The second kappa shape index (κ2) is 12.8. The van der Waals surface area contributed by atoms with E-state index in [4.69, 9.17) is 9.47 Å². The van der Waals surface area contributed by atoms with Gasteiger partial charge in [0.15, 0.2) is 0 Å². The molecule has 1 atom stereocenters. The number of hydrogen-bond donors (Lipinski definition) is 1. The first-order valence-electron chi connectivity index (χ1n) is 12.8. The maximum absolute atomic E-state index is 13.8. The average Bonchev–Trinajstić information content (AvgIpc) is 3.60. The number of unbranched alkanes of at least 4 members (excludes halogenated alkanes) is 1. The van der Waals surface area contributed by atoms with Crippen LogP contribution in [0.3, 0.4) is 0 Å². The zero-order valence-corrected chi connectivity index (χ0v) is 21.9. The van der Waals surface area contributed by atoms with Crippen molar-refractivity contribution >= 4 is 29.2 Å². The Bertz CT molecular complexity index is 919. The number of fused-ring (bicyclic) bond motifs is 1. The summed E-state index contributed by atoms with van der Waals surface area (Å²) < 4.78 is 14.0. The van der Waals surface area contributed by atoms with Crippen molar-refractivity contribution in [1.29, 1.82) is 0 Å². The molecular weight excluding hydrogens is 450 g/mol. The topological polar surface area (TPSA) is 55.7 Å². The fourth-order valence-corrected chi connectivity index (χ4v) is 5.14. The molecule has 34 heavy (non-hydrogen) atoms. The third kappa shape index (κ3) is 6.46. The van der Waals surface area contributed by atoms with Crippen LogP contribution in [0.25, 0.3) is 10.9 Å². The van der Waals surface area contributed by atoms with E-state index >= 15 is 0 Å². The van der Waals surface area contributed by atoms with E-state index in [0.29, 0.717) is 12.3 Å². The van der Waals surface area contributed by atoms with Crippen LogP contribution in [0.4, 0.5) is 0 Å². The Labute approximate surface area is 210 Å². The third-order valence-electron chi connectivity index (χ3n) is 7.00. The molecule has 2 fully saturated rings. The zero-order chi connectivity index (χ0) is 23.2. The Balaban J connectivity index is 0.00000324. The van der Waals surface area contributed by atoms with E-state index in [1.165, 1.54) is 18.4 Å². The van der Waals surface area contributed by atoms with Crippen LogP contribution in [0.1, 0.15) is 58.1 Å². The van der Waals surface area contributed by atoms with Crippen LogP contribution in [0, 0.1) is 5.92 Å². The van der Waals surface area contributed by atoms with Gasteiger partial charge in [-0.15, -0.1) is 12.4 Å². The van der Waals surface area contributed by atoms with Gasteiger partial charge in [-0.25, -0.2) is 0 Å². The summed E-state index contributed by atoms with van der Waals surface area (Å²) in [6.07, 6.45) is 7.09. The van der Waals surface area contributed by atoms with Gasteiger partial charge in [-0.05, 0) is 77.0 Å². The first kappa shape index (κ1) is 26.8. The second-order valence-corrected chi connectivity index (χ2v) is 9.97. The number of piperidine rings is 1. The van der Waals surface area contributed by atoms with Crippen LogP contribution in [-0.2, 0) is 22.5 Å². The minimum absolute atomic E-state index is 0. The molecule has 0 radical (unpaired) electrons. The van der Waals surface area contributed by atoms with E-state index in [0.717, 1.165) is 75.4 Å². The van der Waals surface area contributed by atoms with Crippen molar-refractivity contribution in [3.63, 3.8) is 0 Å². The minimum atomic E-state index is 0. The highest BCUT2D eigenvalue weighted by atomic mass is 35.5. The molecule has 4 rings (SSSR count). The second-order valence-electron chi connectivity index (χ2n) is 9.97. The molecule has 1 aromatic heterocycles. The Morgan fingerprint density at radius 1 is 1.21 bits per heavy atom. The van der Waals surface area contributed by atoms with Crippen molar-refractivity contribution in [2.24, 2.45) is 5.92 Å². The molecule has 190 valence electrons. The summed E-state index contributed by atoms with van der Waals surface area (Å²) >= 11 is 0. The van der Waals surface area contributed by atoms with Gasteiger partial charge in [-0.2, -0.15) is 0 Å². The molecule has 2 aliphatic rings. The number of carbonyl (C=O) groups is 1. The number of methoxy groups -OCH3 is 1. The van der Waals surface area contributed by atoms with Gasteiger partial charge in [0.25, 0.3) is 0 Å². The summed E-state index contributed by atoms with van der Waals surface area (Å²) in [5.74, 6) is 1.79. The number of rotatable bonds is 12. The maximum atomic E-state index is 13.8. The van der Waals surface area contributed by atoms with Crippen molar-refractivity contribution in [2.75, 3.05) is 33.4 Å². The van der Waals surface area contributed by atoms with Gasteiger partial charge in [0.1, 0.15) is 5.75 Å². The van der Waals surface area contributed by atoms with Gasteiger partial charge < -0.3 is 24.3 Å². The number of para-hydroxylation sites is 1. The number of benzene rings is 1. The number of halogens is 1. The monoisotopic (exact) mass is 491 g/mol. The number of aryl methyl sites for hydroxylation is 1. The van der Waals surface area contributed by atoms with Gasteiger partial charge >= 0.3 is 0 Å². The van der Waals surface area contributed by atoms with Crippen LogP contribution in [0.2, 0.25) is 0 Å². The van der Waals surface area contributed by atoms with Crippen molar-refractivity contribution in [2.45, 2.75) is 77.4 Å². The highest BCUT2D eigenvalue weighted by molar-refractivity contribution is 5.91. The molecule has 0 unspecified atom stereocenters. The molecule has 7 heteroatoms. The molecular formula is C27H42ClN3O3. The molecule has 0 bridgehead atoms. The van der Waals surface area contributed by atoms with Crippen molar-refractivity contribution in [3.8, 4) is 5.75 Å². The molecule has 1 aliphatic carbocycles. The largest absolute Gasteiger partial charge is 0.491 e. The Hall–Kier alpha value is -1.76. The van der Waals surface area contributed by atoms with Crippen molar-refractivity contribution < 1.29 is 14.3 Å². The maximum Gasteiger partial charge on any atom is 0.229 e. The van der Waals surface area contributed by atoms with E-state index in [1.807, 2.05) is 0 Å². The van der Waals surface area contributed by atoms with Gasteiger partial charge in [0.2, 0.25) is 5.91 Å².